The van der Waals surface area contributed by atoms with Crippen molar-refractivity contribution < 1.29 is 19.5 Å². The summed E-state index contributed by atoms with van der Waals surface area (Å²) in [5.74, 6) is -1.24. The second kappa shape index (κ2) is 5.62. The number of nitrogens with one attached hydrogen (secondary N) is 2. The number of carbonyl (C=O) groups is 3. The van der Waals surface area contributed by atoms with Crippen molar-refractivity contribution in [1.82, 2.24) is 5.32 Å². The van der Waals surface area contributed by atoms with Gasteiger partial charge in [-0.15, -0.1) is 0 Å². The van der Waals surface area contributed by atoms with Crippen molar-refractivity contribution in [3.05, 3.63) is 28.2 Å². The summed E-state index contributed by atoms with van der Waals surface area (Å²) in [7, 11) is 0. The molecule has 0 bridgehead atoms. The zero-order valence-corrected chi connectivity index (χ0v) is 11.9. The van der Waals surface area contributed by atoms with E-state index in [4.69, 9.17) is 5.11 Å². The predicted molar refractivity (Wildman–Crippen MR) is 74.5 cm³/mol. The number of carboxylic acid groups (broad SMARTS) is 1. The Balaban J connectivity index is 2.21. The molecule has 1 atom stereocenters. The van der Waals surface area contributed by atoms with Crippen molar-refractivity contribution in [2.75, 3.05) is 11.1 Å². The van der Waals surface area contributed by atoms with Gasteiger partial charge in [-0.25, -0.2) is 4.79 Å². The van der Waals surface area contributed by atoms with Gasteiger partial charge in [-0.1, -0.05) is 17.8 Å². The van der Waals surface area contributed by atoms with E-state index in [0.717, 1.165) is 11.8 Å². The maximum atomic E-state index is 11.9. The molecule has 1 fully saturated rings. The number of amides is 2. The fourth-order valence-corrected chi connectivity index (χ4v) is 2.81. The Morgan fingerprint density at radius 1 is 1.47 bits per heavy atom. The highest BCUT2D eigenvalue weighted by molar-refractivity contribution is 9.10. The van der Waals surface area contributed by atoms with Gasteiger partial charge >= 0.3 is 5.97 Å². The highest BCUT2D eigenvalue weighted by Gasteiger charge is 2.29. The van der Waals surface area contributed by atoms with Crippen LogP contribution in [-0.4, -0.2) is 34.0 Å². The van der Waals surface area contributed by atoms with E-state index in [2.05, 4.69) is 26.6 Å². The zero-order valence-electron chi connectivity index (χ0n) is 9.47. The molecule has 19 heavy (non-hydrogen) atoms. The lowest BCUT2D eigenvalue weighted by Crippen LogP contribution is -2.39. The lowest BCUT2D eigenvalue weighted by molar-refractivity contribution is -0.117. The van der Waals surface area contributed by atoms with E-state index in [0.29, 0.717) is 10.2 Å². The number of aromatic carboxylic acids is 1. The average molecular weight is 345 g/mol. The molecule has 1 heterocycles. The summed E-state index contributed by atoms with van der Waals surface area (Å²) in [6.45, 7) is 0. The molecule has 1 aromatic rings. The molecule has 2 amide bonds. The van der Waals surface area contributed by atoms with Gasteiger partial charge in [0, 0.05) is 10.2 Å². The van der Waals surface area contributed by atoms with Gasteiger partial charge in [-0.3, -0.25) is 9.59 Å². The molecule has 2 rings (SSSR count). The second-order valence-electron chi connectivity index (χ2n) is 3.75. The normalized spacial score (nSPS) is 17.9. The molecule has 1 aromatic carbocycles. The molecule has 0 aliphatic carbocycles. The monoisotopic (exact) mass is 344 g/mol. The molecule has 1 saturated heterocycles. The summed E-state index contributed by atoms with van der Waals surface area (Å²) in [5.41, 5.74) is 0.172. The minimum Gasteiger partial charge on any atom is -0.478 e. The fourth-order valence-electron chi connectivity index (χ4n) is 1.57. The Morgan fingerprint density at radius 3 is 2.79 bits per heavy atom. The van der Waals surface area contributed by atoms with Crippen LogP contribution in [0.5, 0.6) is 0 Å². The lowest BCUT2D eigenvalue weighted by atomic mass is 10.1. The van der Waals surface area contributed by atoms with Crippen LogP contribution in [0.1, 0.15) is 10.4 Å². The number of halogens is 1. The SMILES string of the molecule is O=C1NC(C(=O)Nc2c(Br)cccc2C(=O)O)CS1. The molecule has 1 unspecified atom stereocenters. The number of carbonyl (C=O) groups excluding carboxylic acids is 2. The maximum absolute atomic E-state index is 11.9. The van der Waals surface area contributed by atoms with Crippen molar-refractivity contribution in [2.24, 2.45) is 0 Å². The van der Waals surface area contributed by atoms with E-state index in [-0.39, 0.29) is 16.5 Å². The largest absolute Gasteiger partial charge is 0.478 e. The van der Waals surface area contributed by atoms with Gasteiger partial charge in [-0.05, 0) is 28.1 Å². The van der Waals surface area contributed by atoms with Gasteiger partial charge in [0.25, 0.3) is 5.24 Å². The molecule has 0 radical (unpaired) electrons. The van der Waals surface area contributed by atoms with Crippen molar-refractivity contribution in [3.8, 4) is 0 Å². The van der Waals surface area contributed by atoms with Crippen LogP contribution in [0, 0.1) is 0 Å². The number of carboxylic acids is 1. The quantitative estimate of drug-likeness (QED) is 0.778. The van der Waals surface area contributed by atoms with E-state index in [9.17, 15) is 14.4 Å². The van der Waals surface area contributed by atoms with Crippen molar-refractivity contribution >= 4 is 50.5 Å². The summed E-state index contributed by atoms with van der Waals surface area (Å²) in [4.78, 5) is 34.0. The van der Waals surface area contributed by atoms with Crippen LogP contribution in [0.25, 0.3) is 0 Å². The van der Waals surface area contributed by atoms with E-state index < -0.39 is 17.9 Å². The van der Waals surface area contributed by atoms with E-state index >= 15 is 0 Å². The smallest absolute Gasteiger partial charge is 0.337 e. The fraction of sp³-hybridized carbons (Fsp3) is 0.182. The van der Waals surface area contributed by atoms with Crippen LogP contribution in [0.4, 0.5) is 10.5 Å². The Labute approximate surface area is 121 Å². The van der Waals surface area contributed by atoms with Gasteiger partial charge < -0.3 is 15.7 Å². The molecular weight excluding hydrogens is 336 g/mol. The summed E-state index contributed by atoms with van der Waals surface area (Å²) in [6.07, 6.45) is 0. The summed E-state index contributed by atoms with van der Waals surface area (Å²) >= 11 is 4.21. The molecular formula is C11H9BrN2O4S. The molecule has 3 N–H and O–H groups in total. The molecule has 1 aliphatic rings. The Kier molecular flexibility index (Phi) is 4.11. The summed E-state index contributed by atoms with van der Waals surface area (Å²) in [5, 5.41) is 13.8. The number of hydrogen-bond donors (Lipinski definition) is 3. The molecule has 100 valence electrons. The molecule has 0 saturated carbocycles. The molecule has 1 aliphatic heterocycles. The van der Waals surface area contributed by atoms with Crippen LogP contribution in [0.15, 0.2) is 22.7 Å². The minimum atomic E-state index is -1.14. The van der Waals surface area contributed by atoms with Crippen molar-refractivity contribution in [3.63, 3.8) is 0 Å². The van der Waals surface area contributed by atoms with E-state index in [1.54, 1.807) is 12.1 Å². The highest BCUT2D eigenvalue weighted by atomic mass is 79.9. The van der Waals surface area contributed by atoms with Crippen LogP contribution < -0.4 is 10.6 Å². The average Bonchev–Trinajstić information content (AvgIpc) is 2.78. The number of anilines is 1. The molecule has 8 heteroatoms. The Bertz CT molecular complexity index is 564. The Hall–Kier alpha value is -1.54. The predicted octanol–water partition coefficient (Wildman–Crippen LogP) is 1.91. The topological polar surface area (TPSA) is 95.5 Å². The van der Waals surface area contributed by atoms with Crippen molar-refractivity contribution in [1.29, 1.82) is 0 Å². The number of rotatable bonds is 3. The third kappa shape index (κ3) is 3.07. The second-order valence-corrected chi connectivity index (χ2v) is 5.60. The lowest BCUT2D eigenvalue weighted by Gasteiger charge is -2.13. The van der Waals surface area contributed by atoms with Gasteiger partial charge in [0.15, 0.2) is 0 Å². The first kappa shape index (κ1) is 13.9. The number of benzene rings is 1. The third-order valence-electron chi connectivity index (χ3n) is 2.48. The minimum absolute atomic E-state index is 0.0142. The van der Waals surface area contributed by atoms with Gasteiger partial charge in [0.05, 0.1) is 11.3 Å². The summed E-state index contributed by atoms with van der Waals surface area (Å²) in [6, 6.07) is 3.94. The van der Waals surface area contributed by atoms with Crippen LogP contribution >= 0.6 is 27.7 Å². The first-order chi connectivity index (χ1) is 8.99. The third-order valence-corrected chi connectivity index (χ3v) is 4.02. The highest BCUT2D eigenvalue weighted by Crippen LogP contribution is 2.27. The first-order valence-corrected chi connectivity index (χ1v) is 7.03. The first-order valence-electron chi connectivity index (χ1n) is 5.25. The molecule has 6 nitrogen and oxygen atoms in total. The summed E-state index contributed by atoms with van der Waals surface area (Å²) < 4.78 is 0.470. The van der Waals surface area contributed by atoms with Gasteiger partial charge in [-0.2, -0.15) is 0 Å². The number of hydrogen-bond acceptors (Lipinski definition) is 4. The van der Waals surface area contributed by atoms with Gasteiger partial charge in [0.1, 0.15) is 6.04 Å². The number of thioether (sulfide) groups is 1. The standard InChI is InChI=1S/C11H9BrN2O4S/c12-6-3-1-2-5(10(16)17)8(6)14-9(15)7-4-19-11(18)13-7/h1-3,7H,4H2,(H,13,18)(H,14,15)(H,16,17). The van der Waals surface area contributed by atoms with Gasteiger partial charge in [0.2, 0.25) is 5.91 Å². The van der Waals surface area contributed by atoms with Crippen molar-refractivity contribution in [2.45, 2.75) is 6.04 Å². The van der Waals surface area contributed by atoms with E-state index in [1.165, 1.54) is 6.07 Å². The van der Waals surface area contributed by atoms with Crippen LogP contribution in [-0.2, 0) is 4.79 Å². The van der Waals surface area contributed by atoms with Crippen LogP contribution in [0.3, 0.4) is 0 Å². The molecule has 0 spiro atoms. The number of para-hydroxylation sites is 1. The van der Waals surface area contributed by atoms with Crippen LogP contribution in [0.2, 0.25) is 0 Å². The van der Waals surface area contributed by atoms with E-state index in [1.807, 2.05) is 0 Å². The molecule has 0 aromatic heterocycles. The zero-order chi connectivity index (χ0) is 14.0. The maximum Gasteiger partial charge on any atom is 0.337 e. The Morgan fingerprint density at radius 2 is 2.21 bits per heavy atom.